The van der Waals surface area contributed by atoms with Crippen LogP contribution in [0.15, 0.2) is 12.7 Å². The zero-order chi connectivity index (χ0) is 22.9. The van der Waals surface area contributed by atoms with Crippen molar-refractivity contribution in [2.24, 2.45) is 11.8 Å². The Morgan fingerprint density at radius 3 is 2.72 bits per heavy atom. The van der Waals surface area contributed by atoms with Gasteiger partial charge in [-0.3, -0.25) is 14.4 Å². The molecule has 0 aromatic rings. The molecule has 2 amide bonds. The lowest BCUT2D eigenvalue weighted by molar-refractivity contribution is -0.153. The number of esters is 1. The quantitative estimate of drug-likeness (QED) is 0.416. The van der Waals surface area contributed by atoms with Gasteiger partial charge < -0.3 is 19.6 Å². The molecule has 2 bridgehead atoms. The molecule has 4 rings (SSSR count). The second-order valence-corrected chi connectivity index (χ2v) is 11.1. The predicted molar refractivity (Wildman–Crippen MR) is 123 cm³/mol. The summed E-state index contributed by atoms with van der Waals surface area (Å²) in [4.78, 5) is 44.3. The van der Waals surface area contributed by atoms with Crippen LogP contribution < -0.4 is 0 Å². The molecule has 7 nitrogen and oxygen atoms in total. The minimum atomic E-state index is -0.595. The summed E-state index contributed by atoms with van der Waals surface area (Å²) in [7, 11) is 0. The number of amides is 2. The molecule has 32 heavy (non-hydrogen) atoms. The largest absolute Gasteiger partial charge is 0.466 e. The molecule has 1 aliphatic carbocycles. The van der Waals surface area contributed by atoms with Gasteiger partial charge in [-0.1, -0.05) is 25.3 Å². The first-order chi connectivity index (χ1) is 15.5. The number of hydrogen-bond donors (Lipinski definition) is 1. The van der Waals surface area contributed by atoms with E-state index in [0.29, 0.717) is 19.5 Å². The Kier molecular flexibility index (Phi) is 7.20. The van der Waals surface area contributed by atoms with Crippen molar-refractivity contribution in [3.05, 3.63) is 12.7 Å². The highest BCUT2D eigenvalue weighted by molar-refractivity contribution is 8.02. The molecule has 1 saturated carbocycles. The summed E-state index contributed by atoms with van der Waals surface area (Å²) in [6, 6.07) is -0.424. The van der Waals surface area contributed by atoms with E-state index in [-0.39, 0.29) is 42.3 Å². The standard InChI is InChI=1S/C24H36N2O5S/c1-3-13-25(16-9-6-5-7-10-16)22(29)20-24-12-11-17(32-24)18(23(30)31-4-2)19(24)21(28)26(20)14-8-15-27/h3,16-20,27H,1,4-15H2,2H3/t17-,18+,19-,20?,24?/m0/s1. The molecular weight excluding hydrogens is 428 g/mol. The van der Waals surface area contributed by atoms with Crippen LogP contribution in [0, 0.1) is 11.8 Å². The van der Waals surface area contributed by atoms with E-state index in [1.165, 1.54) is 6.42 Å². The van der Waals surface area contributed by atoms with Gasteiger partial charge in [0.25, 0.3) is 0 Å². The highest BCUT2D eigenvalue weighted by Crippen LogP contribution is 2.66. The summed E-state index contributed by atoms with van der Waals surface area (Å²) in [5.74, 6) is -1.45. The van der Waals surface area contributed by atoms with Crippen LogP contribution in [0.2, 0.25) is 0 Å². The monoisotopic (exact) mass is 464 g/mol. The lowest BCUT2D eigenvalue weighted by Crippen LogP contribution is -2.57. The van der Waals surface area contributed by atoms with Crippen molar-refractivity contribution < 1.29 is 24.2 Å². The second kappa shape index (κ2) is 9.75. The van der Waals surface area contributed by atoms with Crippen LogP contribution >= 0.6 is 11.8 Å². The van der Waals surface area contributed by atoms with Gasteiger partial charge in [-0.05, 0) is 39.0 Å². The van der Waals surface area contributed by atoms with Crippen LogP contribution in [0.25, 0.3) is 0 Å². The third-order valence-electron chi connectivity index (χ3n) is 7.77. The van der Waals surface area contributed by atoms with Gasteiger partial charge in [-0.15, -0.1) is 18.3 Å². The van der Waals surface area contributed by atoms with Crippen molar-refractivity contribution in [1.29, 1.82) is 0 Å². The Morgan fingerprint density at radius 1 is 1.31 bits per heavy atom. The summed E-state index contributed by atoms with van der Waals surface area (Å²) in [5, 5.41) is 9.48. The summed E-state index contributed by atoms with van der Waals surface area (Å²) in [6.45, 7) is 6.70. The predicted octanol–water partition coefficient (Wildman–Crippen LogP) is 2.37. The molecule has 5 atom stereocenters. The Morgan fingerprint density at radius 2 is 2.06 bits per heavy atom. The number of rotatable bonds is 9. The summed E-state index contributed by atoms with van der Waals surface area (Å²) in [6.07, 6.45) is 9.15. The Bertz CT molecular complexity index is 755. The van der Waals surface area contributed by atoms with Gasteiger partial charge in [0.15, 0.2) is 0 Å². The lowest BCUT2D eigenvalue weighted by Gasteiger charge is -2.41. The van der Waals surface area contributed by atoms with Crippen LogP contribution in [0.3, 0.4) is 0 Å². The first kappa shape index (κ1) is 23.6. The number of carbonyl (C=O) groups excluding carboxylic acids is 3. The third kappa shape index (κ3) is 3.77. The third-order valence-corrected chi connectivity index (χ3v) is 9.73. The molecule has 0 aromatic carbocycles. The first-order valence-corrected chi connectivity index (χ1v) is 13.0. The van der Waals surface area contributed by atoms with Crippen LogP contribution in [-0.4, -0.2) is 81.1 Å². The fourth-order valence-corrected chi connectivity index (χ4v) is 8.73. The van der Waals surface area contributed by atoms with Crippen LogP contribution in [0.4, 0.5) is 0 Å². The maximum absolute atomic E-state index is 14.2. The summed E-state index contributed by atoms with van der Waals surface area (Å²) < 4.78 is 4.77. The Labute approximate surface area is 194 Å². The number of aliphatic hydroxyl groups excluding tert-OH is 1. The highest BCUT2D eigenvalue weighted by Gasteiger charge is 2.74. The summed E-state index contributed by atoms with van der Waals surface area (Å²) >= 11 is 1.67. The van der Waals surface area contributed by atoms with Crippen molar-refractivity contribution >= 4 is 29.5 Å². The fourth-order valence-electron chi connectivity index (χ4n) is 6.53. The number of fused-ring (bicyclic) bond motifs is 1. The van der Waals surface area contributed by atoms with Gasteiger partial charge in [0.05, 0.1) is 23.2 Å². The second-order valence-electron chi connectivity index (χ2n) is 9.49. The van der Waals surface area contributed by atoms with Crippen LogP contribution in [-0.2, 0) is 19.1 Å². The minimum Gasteiger partial charge on any atom is -0.466 e. The Hall–Kier alpha value is -1.54. The molecule has 8 heteroatoms. The van der Waals surface area contributed by atoms with Crippen LogP contribution in [0.1, 0.15) is 58.3 Å². The van der Waals surface area contributed by atoms with Crippen LogP contribution in [0.5, 0.6) is 0 Å². The molecule has 2 unspecified atom stereocenters. The van der Waals surface area contributed by atoms with Crippen molar-refractivity contribution in [3.63, 3.8) is 0 Å². The topological polar surface area (TPSA) is 87.2 Å². The zero-order valence-electron chi connectivity index (χ0n) is 19.0. The van der Waals surface area contributed by atoms with E-state index >= 15 is 0 Å². The number of thioether (sulfide) groups is 1. The molecule has 178 valence electrons. The van der Waals surface area contributed by atoms with E-state index in [9.17, 15) is 19.5 Å². The molecular formula is C24H36N2O5S. The van der Waals surface area contributed by atoms with Gasteiger partial charge in [0.1, 0.15) is 6.04 Å². The van der Waals surface area contributed by atoms with E-state index in [1.807, 2.05) is 4.90 Å². The highest BCUT2D eigenvalue weighted by atomic mass is 32.2. The van der Waals surface area contributed by atoms with Crippen molar-refractivity contribution in [2.75, 3.05) is 26.3 Å². The van der Waals surface area contributed by atoms with Gasteiger partial charge >= 0.3 is 5.97 Å². The van der Waals surface area contributed by atoms with E-state index in [0.717, 1.165) is 38.5 Å². The molecule has 3 aliphatic heterocycles. The molecule has 3 heterocycles. The van der Waals surface area contributed by atoms with E-state index in [2.05, 4.69) is 6.58 Å². The number of ether oxygens (including phenoxy) is 1. The maximum Gasteiger partial charge on any atom is 0.310 e. The van der Waals surface area contributed by atoms with Gasteiger partial charge in [-0.2, -0.15) is 0 Å². The van der Waals surface area contributed by atoms with E-state index in [4.69, 9.17) is 4.74 Å². The van der Waals surface area contributed by atoms with Crippen molar-refractivity contribution in [3.8, 4) is 0 Å². The molecule has 4 fully saturated rings. The van der Waals surface area contributed by atoms with Gasteiger partial charge in [0.2, 0.25) is 11.8 Å². The van der Waals surface area contributed by atoms with Gasteiger partial charge in [0, 0.05) is 31.0 Å². The molecule has 0 aromatic heterocycles. The van der Waals surface area contributed by atoms with E-state index in [1.54, 1.807) is 29.7 Å². The van der Waals surface area contributed by atoms with E-state index < -0.39 is 22.6 Å². The normalized spacial score (nSPS) is 33.9. The molecule has 4 aliphatic rings. The number of hydrogen-bond acceptors (Lipinski definition) is 6. The average molecular weight is 465 g/mol. The van der Waals surface area contributed by atoms with Crippen molar-refractivity contribution in [1.82, 2.24) is 9.80 Å². The molecule has 1 N–H and O–H groups in total. The molecule has 1 spiro atoms. The van der Waals surface area contributed by atoms with Crippen molar-refractivity contribution in [2.45, 2.75) is 80.4 Å². The number of aliphatic hydroxyl groups is 1. The molecule has 0 radical (unpaired) electrons. The minimum absolute atomic E-state index is 0.0109. The smallest absolute Gasteiger partial charge is 0.310 e. The average Bonchev–Trinajstić information content (AvgIpc) is 3.44. The van der Waals surface area contributed by atoms with Gasteiger partial charge in [-0.25, -0.2) is 0 Å². The summed E-state index contributed by atoms with van der Waals surface area (Å²) in [5.41, 5.74) is 0. The first-order valence-electron chi connectivity index (χ1n) is 12.2. The SMILES string of the molecule is C=CCN(C(=O)C1N(CCCO)C(=O)[C@@H]2[C@H](C(=O)OCC)[C@@H]3CCC12S3)C1CCCCC1. The Balaban J connectivity index is 1.69. The fraction of sp³-hybridized carbons (Fsp3) is 0.792. The molecule has 3 saturated heterocycles. The number of likely N-dealkylation sites (tertiary alicyclic amines) is 1. The number of nitrogens with zero attached hydrogens (tertiary/aromatic N) is 2. The lowest BCUT2D eigenvalue weighted by atomic mass is 9.71. The number of carbonyl (C=O) groups is 3. The zero-order valence-corrected chi connectivity index (χ0v) is 19.9. The maximum atomic E-state index is 14.2.